The number of amides is 1. The molecule has 0 unspecified atom stereocenters. The maximum absolute atomic E-state index is 11.4. The molecule has 0 aliphatic rings. The van der Waals surface area contributed by atoms with Gasteiger partial charge in [0.1, 0.15) is 0 Å². The first-order chi connectivity index (χ1) is 7.00. The van der Waals surface area contributed by atoms with Gasteiger partial charge in [0.2, 0.25) is 0 Å². The summed E-state index contributed by atoms with van der Waals surface area (Å²) < 4.78 is 1.41. The molecule has 0 radical (unpaired) electrons. The number of rotatable bonds is 4. The molecule has 1 amide bonds. The van der Waals surface area contributed by atoms with Gasteiger partial charge in [-0.25, -0.2) is 0 Å². The van der Waals surface area contributed by atoms with Crippen LogP contribution >= 0.6 is 11.6 Å². The molecule has 0 aliphatic heterocycles. The van der Waals surface area contributed by atoms with Crippen LogP contribution < -0.4 is 5.32 Å². The summed E-state index contributed by atoms with van der Waals surface area (Å²) >= 11 is 5.72. The summed E-state index contributed by atoms with van der Waals surface area (Å²) in [4.78, 5) is 21.6. The Morgan fingerprint density at radius 2 is 2.33 bits per heavy atom. The second kappa shape index (κ2) is 4.79. The molecule has 7 heteroatoms. The summed E-state index contributed by atoms with van der Waals surface area (Å²) in [5, 5.41) is 14.8. The fourth-order valence-electron chi connectivity index (χ4n) is 0.980. The third kappa shape index (κ3) is 3.25. The van der Waals surface area contributed by atoms with Crippen molar-refractivity contribution in [3.8, 4) is 0 Å². The van der Waals surface area contributed by atoms with Gasteiger partial charge in [-0.1, -0.05) is 11.6 Å². The highest BCUT2D eigenvalue weighted by atomic mass is 35.5. The van der Waals surface area contributed by atoms with Crippen molar-refractivity contribution in [3.63, 3.8) is 0 Å². The maximum atomic E-state index is 11.4. The number of aryl methyl sites for hydroxylation is 1. The average molecular weight is 232 g/mol. The monoisotopic (exact) mass is 231 g/mol. The van der Waals surface area contributed by atoms with Gasteiger partial charge in [-0.2, -0.15) is 5.10 Å². The van der Waals surface area contributed by atoms with Gasteiger partial charge in [0.05, 0.1) is 11.4 Å². The highest BCUT2D eigenvalue weighted by molar-refractivity contribution is 6.33. The van der Waals surface area contributed by atoms with Crippen LogP contribution in [0.2, 0.25) is 5.02 Å². The van der Waals surface area contributed by atoms with Crippen LogP contribution in [-0.2, 0) is 11.8 Å². The lowest BCUT2D eigenvalue weighted by atomic mass is 10.3. The average Bonchev–Trinajstić information content (AvgIpc) is 2.44. The molecule has 0 spiro atoms. The molecule has 15 heavy (non-hydrogen) atoms. The smallest absolute Gasteiger partial charge is 0.305 e. The SMILES string of the molecule is Cn1cc(Cl)c(C(=O)NCCC(=O)O)n1. The summed E-state index contributed by atoms with van der Waals surface area (Å²) in [5.74, 6) is -1.44. The number of hydrogen-bond donors (Lipinski definition) is 2. The fourth-order valence-corrected chi connectivity index (χ4v) is 1.24. The second-order valence-electron chi connectivity index (χ2n) is 2.90. The van der Waals surface area contributed by atoms with Crippen LogP contribution in [0.3, 0.4) is 0 Å². The third-order valence-corrected chi connectivity index (χ3v) is 1.90. The van der Waals surface area contributed by atoms with E-state index >= 15 is 0 Å². The molecule has 0 saturated carbocycles. The van der Waals surface area contributed by atoms with Crippen molar-refractivity contribution in [2.75, 3.05) is 6.54 Å². The Balaban J connectivity index is 2.54. The third-order valence-electron chi connectivity index (χ3n) is 1.62. The molecule has 0 fully saturated rings. The predicted octanol–water partition coefficient (Wildman–Crippen LogP) is 0.278. The molecule has 1 aromatic heterocycles. The molecular weight excluding hydrogens is 222 g/mol. The summed E-state index contributed by atoms with van der Waals surface area (Å²) in [7, 11) is 1.64. The first-order valence-corrected chi connectivity index (χ1v) is 4.57. The van der Waals surface area contributed by atoms with Crippen molar-refractivity contribution >= 4 is 23.5 Å². The van der Waals surface area contributed by atoms with E-state index in [1.165, 1.54) is 10.9 Å². The van der Waals surface area contributed by atoms with E-state index in [0.717, 1.165) is 0 Å². The van der Waals surface area contributed by atoms with Crippen molar-refractivity contribution in [3.05, 3.63) is 16.9 Å². The molecule has 6 nitrogen and oxygen atoms in total. The number of carbonyl (C=O) groups is 2. The lowest BCUT2D eigenvalue weighted by Crippen LogP contribution is -2.26. The predicted molar refractivity (Wildman–Crippen MR) is 52.8 cm³/mol. The normalized spacial score (nSPS) is 10.0. The number of nitrogens with zero attached hydrogens (tertiary/aromatic N) is 2. The van der Waals surface area contributed by atoms with Crippen LogP contribution in [0, 0.1) is 0 Å². The number of hydrogen-bond acceptors (Lipinski definition) is 3. The molecule has 2 N–H and O–H groups in total. The number of nitrogens with one attached hydrogen (secondary N) is 1. The highest BCUT2D eigenvalue weighted by Crippen LogP contribution is 2.12. The highest BCUT2D eigenvalue weighted by Gasteiger charge is 2.14. The maximum Gasteiger partial charge on any atom is 0.305 e. The van der Waals surface area contributed by atoms with Gasteiger partial charge in [0.25, 0.3) is 5.91 Å². The van der Waals surface area contributed by atoms with Crippen molar-refractivity contribution in [1.82, 2.24) is 15.1 Å². The van der Waals surface area contributed by atoms with Gasteiger partial charge < -0.3 is 10.4 Å². The lowest BCUT2D eigenvalue weighted by Gasteiger charge is -2.00. The zero-order chi connectivity index (χ0) is 11.4. The number of aliphatic carboxylic acids is 1. The summed E-state index contributed by atoms with van der Waals surface area (Å²) in [6, 6.07) is 0. The zero-order valence-corrected chi connectivity index (χ0v) is 8.78. The number of carbonyl (C=O) groups excluding carboxylic acids is 1. The van der Waals surface area contributed by atoms with E-state index < -0.39 is 11.9 Å². The molecule has 0 aromatic carbocycles. The van der Waals surface area contributed by atoms with Crippen LogP contribution in [0.5, 0.6) is 0 Å². The molecule has 1 heterocycles. The van der Waals surface area contributed by atoms with Crippen LogP contribution in [-0.4, -0.2) is 33.3 Å². The summed E-state index contributed by atoms with van der Waals surface area (Å²) in [6.07, 6.45) is 1.36. The Kier molecular flexibility index (Phi) is 3.68. The van der Waals surface area contributed by atoms with Gasteiger partial charge in [0, 0.05) is 19.8 Å². The van der Waals surface area contributed by atoms with E-state index in [0.29, 0.717) is 0 Å². The molecule has 82 valence electrons. The fraction of sp³-hybridized carbons (Fsp3) is 0.375. The minimum Gasteiger partial charge on any atom is -0.481 e. The van der Waals surface area contributed by atoms with Gasteiger partial charge in [-0.05, 0) is 0 Å². The summed E-state index contributed by atoms with van der Waals surface area (Å²) in [5.41, 5.74) is 0.101. The van der Waals surface area contributed by atoms with Crippen molar-refractivity contribution in [1.29, 1.82) is 0 Å². The minimum atomic E-state index is -0.970. The standard InChI is InChI=1S/C8H10ClN3O3/c1-12-4-5(9)7(11-12)8(15)10-3-2-6(13)14/h4H,2-3H2,1H3,(H,10,15)(H,13,14). The molecule has 1 rings (SSSR count). The Hall–Kier alpha value is -1.56. The number of aromatic nitrogens is 2. The van der Waals surface area contributed by atoms with Crippen LogP contribution in [0.1, 0.15) is 16.9 Å². The lowest BCUT2D eigenvalue weighted by molar-refractivity contribution is -0.136. The molecule has 1 aromatic rings. The minimum absolute atomic E-state index is 0.0566. The van der Waals surface area contributed by atoms with Gasteiger partial charge >= 0.3 is 5.97 Å². The van der Waals surface area contributed by atoms with Crippen molar-refractivity contribution in [2.45, 2.75) is 6.42 Å². The van der Waals surface area contributed by atoms with Crippen molar-refractivity contribution in [2.24, 2.45) is 7.05 Å². The molecule has 0 bridgehead atoms. The second-order valence-corrected chi connectivity index (χ2v) is 3.31. The molecule has 0 aliphatic carbocycles. The van der Waals surface area contributed by atoms with E-state index in [1.54, 1.807) is 7.05 Å². The van der Waals surface area contributed by atoms with Gasteiger partial charge in [-0.3, -0.25) is 14.3 Å². The first kappa shape index (κ1) is 11.5. The Morgan fingerprint density at radius 3 is 2.80 bits per heavy atom. The van der Waals surface area contributed by atoms with Gasteiger partial charge in [-0.15, -0.1) is 0 Å². The molecule has 0 saturated heterocycles. The zero-order valence-electron chi connectivity index (χ0n) is 8.03. The van der Waals surface area contributed by atoms with Crippen LogP contribution in [0.4, 0.5) is 0 Å². The van der Waals surface area contributed by atoms with E-state index in [9.17, 15) is 9.59 Å². The molecular formula is C8H10ClN3O3. The Morgan fingerprint density at radius 1 is 1.67 bits per heavy atom. The topological polar surface area (TPSA) is 84.2 Å². The van der Waals surface area contributed by atoms with E-state index in [2.05, 4.69) is 10.4 Å². The molecule has 0 atom stereocenters. The summed E-state index contributed by atoms with van der Waals surface area (Å²) in [6.45, 7) is 0.0566. The number of carboxylic acid groups (broad SMARTS) is 1. The van der Waals surface area contributed by atoms with Crippen LogP contribution in [0.15, 0.2) is 6.20 Å². The quantitative estimate of drug-likeness (QED) is 0.780. The van der Waals surface area contributed by atoms with Crippen LogP contribution in [0.25, 0.3) is 0 Å². The Labute approximate surface area is 90.8 Å². The van der Waals surface area contributed by atoms with E-state index in [4.69, 9.17) is 16.7 Å². The van der Waals surface area contributed by atoms with E-state index in [1.807, 2.05) is 0 Å². The Bertz CT molecular complexity index is 388. The van der Waals surface area contributed by atoms with E-state index in [-0.39, 0.29) is 23.7 Å². The first-order valence-electron chi connectivity index (χ1n) is 4.20. The van der Waals surface area contributed by atoms with Gasteiger partial charge in [0.15, 0.2) is 5.69 Å². The number of carboxylic acids is 1. The largest absolute Gasteiger partial charge is 0.481 e. The number of halogens is 1. The van der Waals surface area contributed by atoms with Crippen molar-refractivity contribution < 1.29 is 14.7 Å².